The number of furan rings is 1. The average molecular weight is 304 g/mol. The van der Waals surface area contributed by atoms with Gasteiger partial charge in [-0.2, -0.15) is 5.10 Å². The SMILES string of the molecule is CC(C)CNC(=O)C(=O)NCC(c1ccco1)n1cccn1. The first-order chi connectivity index (χ1) is 10.6. The zero-order chi connectivity index (χ0) is 15.9. The highest BCUT2D eigenvalue weighted by atomic mass is 16.3. The van der Waals surface area contributed by atoms with Crippen LogP contribution in [0.1, 0.15) is 25.6 Å². The predicted molar refractivity (Wildman–Crippen MR) is 79.9 cm³/mol. The van der Waals surface area contributed by atoms with Crippen molar-refractivity contribution in [1.82, 2.24) is 20.4 Å². The largest absolute Gasteiger partial charge is 0.467 e. The van der Waals surface area contributed by atoms with Gasteiger partial charge < -0.3 is 15.1 Å². The Hall–Kier alpha value is -2.57. The first-order valence-electron chi connectivity index (χ1n) is 7.16. The second-order valence-electron chi connectivity index (χ2n) is 5.33. The normalized spacial score (nSPS) is 12.1. The van der Waals surface area contributed by atoms with Gasteiger partial charge >= 0.3 is 11.8 Å². The minimum absolute atomic E-state index is 0.211. The van der Waals surface area contributed by atoms with Crippen LogP contribution in [0.3, 0.4) is 0 Å². The van der Waals surface area contributed by atoms with Crippen molar-refractivity contribution in [3.8, 4) is 0 Å². The number of amides is 2. The number of carbonyl (C=O) groups excluding carboxylic acids is 2. The van der Waals surface area contributed by atoms with E-state index in [-0.39, 0.29) is 18.5 Å². The third kappa shape index (κ3) is 4.21. The van der Waals surface area contributed by atoms with Crippen molar-refractivity contribution in [3.05, 3.63) is 42.6 Å². The molecule has 0 aromatic carbocycles. The maximum atomic E-state index is 11.8. The topological polar surface area (TPSA) is 89.2 Å². The molecule has 0 radical (unpaired) electrons. The molecule has 0 aliphatic rings. The molecule has 1 atom stereocenters. The molecule has 2 rings (SSSR count). The molecule has 2 aromatic heterocycles. The molecular formula is C15H20N4O3. The van der Waals surface area contributed by atoms with Gasteiger partial charge in [0.25, 0.3) is 0 Å². The fourth-order valence-corrected chi connectivity index (χ4v) is 1.92. The second-order valence-corrected chi connectivity index (χ2v) is 5.33. The number of carbonyl (C=O) groups is 2. The monoisotopic (exact) mass is 304 g/mol. The van der Waals surface area contributed by atoms with Crippen molar-refractivity contribution in [1.29, 1.82) is 0 Å². The Morgan fingerprint density at radius 3 is 2.50 bits per heavy atom. The first-order valence-corrected chi connectivity index (χ1v) is 7.16. The number of hydrogen-bond acceptors (Lipinski definition) is 4. The van der Waals surface area contributed by atoms with E-state index in [9.17, 15) is 9.59 Å². The average Bonchev–Trinajstić information content (AvgIpc) is 3.18. The summed E-state index contributed by atoms with van der Waals surface area (Å²) in [6.45, 7) is 4.60. The highest BCUT2D eigenvalue weighted by molar-refractivity contribution is 6.35. The smallest absolute Gasteiger partial charge is 0.309 e. The summed E-state index contributed by atoms with van der Waals surface area (Å²) in [5, 5.41) is 9.35. The molecule has 2 amide bonds. The minimum Gasteiger partial charge on any atom is -0.467 e. The van der Waals surface area contributed by atoms with Crippen LogP contribution in [0.15, 0.2) is 41.3 Å². The zero-order valence-electron chi connectivity index (χ0n) is 12.7. The van der Waals surface area contributed by atoms with Gasteiger partial charge in [0.1, 0.15) is 11.8 Å². The molecular weight excluding hydrogens is 284 g/mol. The Kier molecular flexibility index (Phi) is 5.35. The van der Waals surface area contributed by atoms with E-state index in [2.05, 4.69) is 15.7 Å². The van der Waals surface area contributed by atoms with Crippen LogP contribution >= 0.6 is 0 Å². The molecule has 0 saturated heterocycles. The van der Waals surface area contributed by atoms with Crippen molar-refractivity contribution in [2.45, 2.75) is 19.9 Å². The van der Waals surface area contributed by atoms with E-state index >= 15 is 0 Å². The molecule has 2 N–H and O–H groups in total. The summed E-state index contributed by atoms with van der Waals surface area (Å²) in [6.07, 6.45) is 4.98. The number of nitrogens with zero attached hydrogens (tertiary/aromatic N) is 2. The maximum Gasteiger partial charge on any atom is 0.309 e. The van der Waals surface area contributed by atoms with Crippen molar-refractivity contribution in [2.75, 3.05) is 13.1 Å². The molecule has 0 spiro atoms. The third-order valence-electron chi connectivity index (χ3n) is 3.05. The molecule has 7 nitrogen and oxygen atoms in total. The van der Waals surface area contributed by atoms with E-state index < -0.39 is 11.8 Å². The number of hydrogen-bond donors (Lipinski definition) is 2. The predicted octanol–water partition coefficient (Wildman–Crippen LogP) is 0.954. The van der Waals surface area contributed by atoms with Crippen LogP contribution < -0.4 is 10.6 Å². The number of rotatable bonds is 6. The minimum atomic E-state index is -0.663. The summed E-state index contributed by atoms with van der Waals surface area (Å²) < 4.78 is 7.05. The Morgan fingerprint density at radius 1 is 1.23 bits per heavy atom. The summed E-state index contributed by atoms with van der Waals surface area (Å²) in [4.78, 5) is 23.5. The fourth-order valence-electron chi connectivity index (χ4n) is 1.92. The van der Waals surface area contributed by atoms with Crippen molar-refractivity contribution >= 4 is 11.8 Å². The van der Waals surface area contributed by atoms with Crippen LogP contribution in [0.2, 0.25) is 0 Å². The van der Waals surface area contributed by atoms with Gasteiger partial charge in [-0.3, -0.25) is 14.3 Å². The molecule has 0 aliphatic carbocycles. The van der Waals surface area contributed by atoms with Crippen molar-refractivity contribution < 1.29 is 14.0 Å². The summed E-state index contributed by atoms with van der Waals surface area (Å²) in [6, 6.07) is 5.06. The molecule has 0 aliphatic heterocycles. The second kappa shape index (κ2) is 7.44. The van der Waals surface area contributed by atoms with E-state index in [0.29, 0.717) is 12.3 Å². The van der Waals surface area contributed by atoms with E-state index in [1.165, 1.54) is 0 Å². The fraction of sp³-hybridized carbons (Fsp3) is 0.400. The molecule has 1 unspecified atom stereocenters. The van der Waals surface area contributed by atoms with Crippen LogP contribution in [-0.2, 0) is 9.59 Å². The molecule has 2 aromatic rings. The van der Waals surface area contributed by atoms with Crippen LogP contribution in [0.4, 0.5) is 0 Å². The van der Waals surface area contributed by atoms with E-state index in [0.717, 1.165) is 0 Å². The van der Waals surface area contributed by atoms with Crippen LogP contribution in [0.5, 0.6) is 0 Å². The third-order valence-corrected chi connectivity index (χ3v) is 3.05. The van der Waals surface area contributed by atoms with E-state index in [4.69, 9.17) is 4.42 Å². The molecule has 2 heterocycles. The Labute approximate surface area is 128 Å². The lowest BCUT2D eigenvalue weighted by Gasteiger charge is -2.16. The number of nitrogens with one attached hydrogen (secondary N) is 2. The summed E-state index contributed by atoms with van der Waals surface area (Å²) in [5.41, 5.74) is 0. The molecule has 7 heteroatoms. The summed E-state index contributed by atoms with van der Waals surface area (Å²) in [7, 11) is 0. The maximum absolute atomic E-state index is 11.8. The van der Waals surface area contributed by atoms with Gasteiger partial charge in [0.15, 0.2) is 0 Å². The molecule has 0 saturated carbocycles. The Morgan fingerprint density at radius 2 is 1.95 bits per heavy atom. The lowest BCUT2D eigenvalue weighted by molar-refractivity contribution is -0.139. The highest BCUT2D eigenvalue weighted by Crippen LogP contribution is 2.16. The van der Waals surface area contributed by atoms with Crippen LogP contribution in [-0.4, -0.2) is 34.7 Å². The van der Waals surface area contributed by atoms with Crippen LogP contribution in [0.25, 0.3) is 0 Å². The number of aromatic nitrogens is 2. The van der Waals surface area contributed by atoms with E-state index in [1.807, 2.05) is 13.8 Å². The molecule has 118 valence electrons. The first kappa shape index (κ1) is 15.8. The van der Waals surface area contributed by atoms with Crippen molar-refractivity contribution in [3.63, 3.8) is 0 Å². The van der Waals surface area contributed by atoms with E-state index in [1.54, 1.807) is 41.5 Å². The van der Waals surface area contributed by atoms with Gasteiger partial charge in [-0.05, 0) is 24.1 Å². The van der Waals surface area contributed by atoms with Gasteiger partial charge in [0.05, 0.1) is 6.26 Å². The zero-order valence-corrected chi connectivity index (χ0v) is 12.7. The summed E-state index contributed by atoms with van der Waals surface area (Å²) in [5.74, 6) is -0.347. The Balaban J connectivity index is 1.95. The van der Waals surface area contributed by atoms with Gasteiger partial charge in [-0.25, -0.2) is 0 Å². The van der Waals surface area contributed by atoms with Crippen molar-refractivity contribution in [2.24, 2.45) is 5.92 Å². The van der Waals surface area contributed by atoms with Gasteiger partial charge in [-0.15, -0.1) is 0 Å². The highest BCUT2D eigenvalue weighted by Gasteiger charge is 2.20. The van der Waals surface area contributed by atoms with Gasteiger partial charge in [-0.1, -0.05) is 13.8 Å². The summed E-state index contributed by atoms with van der Waals surface area (Å²) >= 11 is 0. The molecule has 22 heavy (non-hydrogen) atoms. The lowest BCUT2D eigenvalue weighted by Crippen LogP contribution is -2.43. The molecule has 0 fully saturated rings. The van der Waals surface area contributed by atoms with Gasteiger partial charge in [0, 0.05) is 25.5 Å². The Bertz CT molecular complexity index is 556. The van der Waals surface area contributed by atoms with Gasteiger partial charge in [0.2, 0.25) is 0 Å². The molecule has 0 bridgehead atoms. The van der Waals surface area contributed by atoms with Crippen LogP contribution in [0, 0.1) is 5.92 Å². The lowest BCUT2D eigenvalue weighted by atomic mass is 10.2. The quantitative estimate of drug-likeness (QED) is 0.778. The standard InChI is InChI=1S/C15H20N4O3/c1-11(2)9-16-14(20)15(21)17-10-12(13-5-3-8-22-13)19-7-4-6-18-19/h3-8,11-12H,9-10H2,1-2H3,(H,16,20)(H,17,21).